The third-order valence-corrected chi connectivity index (χ3v) is 6.27. The van der Waals surface area contributed by atoms with E-state index in [1.165, 1.54) is 28.8 Å². The summed E-state index contributed by atoms with van der Waals surface area (Å²) < 4.78 is 27.2. The molecule has 37 heavy (non-hydrogen) atoms. The van der Waals surface area contributed by atoms with E-state index >= 15 is 0 Å². The number of nitro groups is 1. The minimum absolute atomic E-state index is 0.0228. The highest BCUT2D eigenvalue weighted by atomic mass is 32.2. The number of hydrogen-bond donors (Lipinski definition) is 1. The third kappa shape index (κ3) is 6.04. The number of carbonyl (C=O) groups is 1. The van der Waals surface area contributed by atoms with Gasteiger partial charge in [-0.3, -0.25) is 19.5 Å². The van der Waals surface area contributed by atoms with Gasteiger partial charge in [0.2, 0.25) is 5.91 Å². The number of halogens is 1. The first-order valence-corrected chi connectivity index (χ1v) is 11.9. The molecular formula is C25H22FN5O5S. The molecule has 0 fully saturated rings. The van der Waals surface area contributed by atoms with Crippen LogP contribution in [0.1, 0.15) is 12.7 Å². The van der Waals surface area contributed by atoms with E-state index in [2.05, 4.69) is 15.5 Å². The number of aromatic nitrogens is 3. The molecule has 4 aromatic rings. The van der Waals surface area contributed by atoms with Gasteiger partial charge in [0.05, 0.1) is 23.0 Å². The van der Waals surface area contributed by atoms with E-state index in [0.29, 0.717) is 17.3 Å². The molecule has 1 unspecified atom stereocenters. The fourth-order valence-corrected chi connectivity index (χ4v) is 4.23. The van der Waals surface area contributed by atoms with Crippen molar-refractivity contribution in [3.05, 3.63) is 94.6 Å². The number of hydrogen-bond acceptors (Lipinski definition) is 8. The van der Waals surface area contributed by atoms with Crippen LogP contribution in [0.25, 0.3) is 5.69 Å². The lowest BCUT2D eigenvalue weighted by atomic mass is 10.2. The van der Waals surface area contributed by atoms with Gasteiger partial charge in [-0.25, -0.2) is 4.39 Å². The summed E-state index contributed by atoms with van der Waals surface area (Å²) in [6.07, 6.45) is 0. The molecule has 10 nitrogen and oxygen atoms in total. The lowest BCUT2D eigenvalue weighted by molar-refractivity contribution is -0.383. The highest BCUT2D eigenvalue weighted by Crippen LogP contribution is 2.30. The van der Waals surface area contributed by atoms with E-state index in [1.54, 1.807) is 62.6 Å². The maximum Gasteiger partial charge on any atom is 0.292 e. The minimum Gasteiger partial charge on any atom is -0.497 e. The van der Waals surface area contributed by atoms with Gasteiger partial charge < -0.3 is 14.8 Å². The van der Waals surface area contributed by atoms with Crippen LogP contribution in [-0.4, -0.2) is 38.0 Å². The summed E-state index contributed by atoms with van der Waals surface area (Å²) in [4.78, 5) is 23.6. The minimum atomic E-state index is -0.745. The van der Waals surface area contributed by atoms with Crippen molar-refractivity contribution in [2.24, 2.45) is 0 Å². The van der Waals surface area contributed by atoms with Gasteiger partial charge in [-0.05, 0) is 49.4 Å². The van der Waals surface area contributed by atoms with Gasteiger partial charge in [0.15, 0.2) is 11.0 Å². The number of thioether (sulfide) groups is 1. The molecule has 3 aromatic carbocycles. The molecule has 12 heteroatoms. The number of anilines is 1. The molecule has 1 amide bonds. The molecule has 0 aliphatic heterocycles. The van der Waals surface area contributed by atoms with Crippen molar-refractivity contribution < 1.29 is 23.6 Å². The summed E-state index contributed by atoms with van der Waals surface area (Å²) in [5.74, 6) is 0.545. The summed E-state index contributed by atoms with van der Waals surface area (Å²) in [7, 11) is 1.56. The van der Waals surface area contributed by atoms with Crippen LogP contribution in [0.15, 0.2) is 78.0 Å². The largest absolute Gasteiger partial charge is 0.497 e. The van der Waals surface area contributed by atoms with E-state index in [4.69, 9.17) is 9.47 Å². The van der Waals surface area contributed by atoms with Crippen LogP contribution in [0.4, 0.5) is 15.8 Å². The molecular weight excluding hydrogens is 501 g/mol. The second-order valence-electron chi connectivity index (χ2n) is 7.67. The molecule has 4 rings (SSSR count). The van der Waals surface area contributed by atoms with Crippen LogP contribution in [0.3, 0.4) is 0 Å². The Labute approximate surface area is 215 Å². The van der Waals surface area contributed by atoms with Crippen LogP contribution in [0.5, 0.6) is 11.5 Å². The zero-order valence-corrected chi connectivity index (χ0v) is 20.6. The molecule has 0 aliphatic carbocycles. The summed E-state index contributed by atoms with van der Waals surface area (Å²) in [5.41, 5.74) is 0.0456. The van der Waals surface area contributed by atoms with Crippen molar-refractivity contribution in [2.75, 3.05) is 12.4 Å². The van der Waals surface area contributed by atoms with Gasteiger partial charge in [-0.1, -0.05) is 36.0 Å². The monoisotopic (exact) mass is 523 g/mol. The highest BCUT2D eigenvalue weighted by molar-refractivity contribution is 8.00. The van der Waals surface area contributed by atoms with Crippen molar-refractivity contribution in [2.45, 2.75) is 23.9 Å². The first kappa shape index (κ1) is 25.6. The van der Waals surface area contributed by atoms with Crippen LogP contribution < -0.4 is 14.8 Å². The summed E-state index contributed by atoms with van der Waals surface area (Å²) >= 11 is 1.03. The van der Waals surface area contributed by atoms with Crippen molar-refractivity contribution in [3.8, 4) is 17.2 Å². The average molecular weight is 524 g/mol. The lowest BCUT2D eigenvalue weighted by Gasteiger charge is -2.15. The summed E-state index contributed by atoms with van der Waals surface area (Å²) in [5, 5.41) is 21.7. The fourth-order valence-electron chi connectivity index (χ4n) is 3.35. The zero-order valence-electron chi connectivity index (χ0n) is 19.8. The van der Waals surface area contributed by atoms with Crippen molar-refractivity contribution in [1.82, 2.24) is 14.8 Å². The number of nitrogens with zero attached hydrogens (tertiary/aromatic N) is 4. The Balaban J connectivity index is 1.57. The first-order valence-electron chi connectivity index (χ1n) is 11.0. The number of nitro benzene ring substituents is 1. The molecule has 0 saturated carbocycles. The molecule has 1 aromatic heterocycles. The Bertz CT molecular complexity index is 1410. The molecule has 1 N–H and O–H groups in total. The van der Waals surface area contributed by atoms with Crippen LogP contribution in [0, 0.1) is 15.9 Å². The van der Waals surface area contributed by atoms with Gasteiger partial charge in [0.1, 0.15) is 29.6 Å². The predicted octanol–water partition coefficient (Wildman–Crippen LogP) is 5.02. The molecule has 0 radical (unpaired) electrons. The molecule has 0 spiro atoms. The Morgan fingerprint density at radius 2 is 1.76 bits per heavy atom. The second-order valence-corrected chi connectivity index (χ2v) is 8.98. The molecule has 0 bridgehead atoms. The highest BCUT2D eigenvalue weighted by Gasteiger charge is 2.24. The Morgan fingerprint density at radius 1 is 1.08 bits per heavy atom. The lowest BCUT2D eigenvalue weighted by Crippen LogP contribution is -2.23. The van der Waals surface area contributed by atoms with E-state index in [0.717, 1.165) is 11.8 Å². The number of rotatable bonds is 10. The standard InChI is InChI=1S/C25H22FN5O5S/c1-16(24(32)27-20-8-4-6-10-22(20)31(33)34)37-25-29-28-23(30(25)21-9-5-3-7-19(21)26)15-36-18-13-11-17(35-2)12-14-18/h3-14,16H,15H2,1-2H3,(H,27,32). The molecule has 0 aliphatic rings. The predicted molar refractivity (Wildman–Crippen MR) is 136 cm³/mol. The normalized spacial score (nSPS) is 11.5. The van der Waals surface area contributed by atoms with E-state index in [9.17, 15) is 19.3 Å². The van der Waals surface area contributed by atoms with Crippen LogP contribution >= 0.6 is 11.8 Å². The molecule has 0 saturated heterocycles. The quantitative estimate of drug-likeness (QED) is 0.175. The first-order chi connectivity index (χ1) is 17.9. The molecule has 190 valence electrons. The Morgan fingerprint density at radius 3 is 2.46 bits per heavy atom. The van der Waals surface area contributed by atoms with Gasteiger partial charge in [-0.15, -0.1) is 10.2 Å². The fraction of sp³-hybridized carbons (Fsp3) is 0.160. The summed E-state index contributed by atoms with van der Waals surface area (Å²) in [6, 6.07) is 18.9. The zero-order chi connectivity index (χ0) is 26.4. The number of ether oxygens (including phenoxy) is 2. The maximum atomic E-state index is 14.8. The van der Waals surface area contributed by atoms with Crippen LogP contribution in [0.2, 0.25) is 0 Å². The Kier molecular flexibility index (Phi) is 7.98. The maximum absolute atomic E-state index is 14.8. The number of para-hydroxylation sites is 3. The third-order valence-electron chi connectivity index (χ3n) is 5.23. The number of carbonyl (C=O) groups excluding carboxylic acids is 1. The number of methoxy groups -OCH3 is 1. The number of benzene rings is 3. The molecule has 1 heterocycles. The van der Waals surface area contributed by atoms with Crippen molar-refractivity contribution in [1.29, 1.82) is 0 Å². The van der Waals surface area contributed by atoms with E-state index in [-0.39, 0.29) is 28.8 Å². The number of nitrogens with one attached hydrogen (secondary N) is 1. The van der Waals surface area contributed by atoms with Crippen LogP contribution in [-0.2, 0) is 11.4 Å². The number of amides is 1. The van der Waals surface area contributed by atoms with Gasteiger partial charge in [0.25, 0.3) is 5.69 Å². The summed E-state index contributed by atoms with van der Waals surface area (Å²) in [6.45, 7) is 1.59. The van der Waals surface area contributed by atoms with E-state index in [1.807, 2.05) is 0 Å². The second kappa shape index (κ2) is 11.5. The van der Waals surface area contributed by atoms with E-state index < -0.39 is 21.9 Å². The molecule has 1 atom stereocenters. The Hall–Kier alpha value is -4.45. The van der Waals surface area contributed by atoms with Crippen molar-refractivity contribution >= 4 is 29.0 Å². The SMILES string of the molecule is COc1ccc(OCc2nnc(SC(C)C(=O)Nc3ccccc3[N+](=O)[O-])n2-c2ccccc2F)cc1. The van der Waals surface area contributed by atoms with Gasteiger partial charge in [-0.2, -0.15) is 0 Å². The smallest absolute Gasteiger partial charge is 0.292 e. The van der Waals surface area contributed by atoms with Crippen molar-refractivity contribution in [3.63, 3.8) is 0 Å². The average Bonchev–Trinajstić information content (AvgIpc) is 3.30. The topological polar surface area (TPSA) is 121 Å². The van der Waals surface area contributed by atoms with Gasteiger partial charge in [0, 0.05) is 6.07 Å². The van der Waals surface area contributed by atoms with Gasteiger partial charge >= 0.3 is 0 Å².